The summed E-state index contributed by atoms with van der Waals surface area (Å²) in [7, 11) is 0. The molecule has 90 valence electrons. The standard InChI is InChI=1S/C8H10N6O2S/c15-14(16)7-4-10-8(17-7)9-3-1-2-6-11-5-12-13-6/h4-5H,1-3H2,(H,9,10)(H,11,12,13). The summed E-state index contributed by atoms with van der Waals surface area (Å²) < 4.78 is 0. The van der Waals surface area contributed by atoms with Gasteiger partial charge in [0.1, 0.15) is 18.3 Å². The van der Waals surface area contributed by atoms with E-state index in [1.807, 2.05) is 0 Å². The lowest BCUT2D eigenvalue weighted by Crippen LogP contribution is -2.03. The van der Waals surface area contributed by atoms with Crippen molar-refractivity contribution in [3.8, 4) is 0 Å². The highest BCUT2D eigenvalue weighted by molar-refractivity contribution is 7.18. The lowest BCUT2D eigenvalue weighted by molar-refractivity contribution is -0.380. The maximum absolute atomic E-state index is 10.4. The summed E-state index contributed by atoms with van der Waals surface area (Å²) in [5.74, 6) is 0.830. The number of nitrogens with one attached hydrogen (secondary N) is 2. The Bertz CT molecular complexity index is 482. The Balaban J connectivity index is 1.72. The lowest BCUT2D eigenvalue weighted by atomic mass is 10.3. The summed E-state index contributed by atoms with van der Waals surface area (Å²) in [4.78, 5) is 17.9. The first-order chi connectivity index (χ1) is 8.25. The van der Waals surface area contributed by atoms with E-state index in [2.05, 4.69) is 25.5 Å². The molecule has 0 bridgehead atoms. The summed E-state index contributed by atoms with van der Waals surface area (Å²) >= 11 is 1.03. The van der Waals surface area contributed by atoms with Crippen LogP contribution in [0.4, 0.5) is 10.1 Å². The van der Waals surface area contributed by atoms with Crippen LogP contribution in [0.25, 0.3) is 0 Å². The zero-order valence-electron chi connectivity index (χ0n) is 8.79. The first-order valence-electron chi connectivity index (χ1n) is 4.94. The molecule has 0 aliphatic carbocycles. The maximum atomic E-state index is 10.4. The number of aryl methyl sites for hydroxylation is 1. The van der Waals surface area contributed by atoms with Gasteiger partial charge in [0, 0.05) is 13.0 Å². The van der Waals surface area contributed by atoms with Gasteiger partial charge >= 0.3 is 5.00 Å². The van der Waals surface area contributed by atoms with Gasteiger partial charge in [0.25, 0.3) is 0 Å². The van der Waals surface area contributed by atoms with Gasteiger partial charge in [-0.15, -0.1) is 0 Å². The van der Waals surface area contributed by atoms with E-state index in [9.17, 15) is 10.1 Å². The molecule has 0 amide bonds. The number of hydrogen-bond acceptors (Lipinski definition) is 7. The third kappa shape index (κ3) is 3.21. The number of hydrogen-bond donors (Lipinski definition) is 2. The number of nitro groups is 1. The van der Waals surface area contributed by atoms with Gasteiger partial charge < -0.3 is 5.32 Å². The summed E-state index contributed by atoms with van der Waals surface area (Å²) in [5.41, 5.74) is 0. The van der Waals surface area contributed by atoms with Crippen LogP contribution in [0.3, 0.4) is 0 Å². The molecule has 0 saturated heterocycles. The Morgan fingerprint density at radius 1 is 1.53 bits per heavy atom. The van der Waals surface area contributed by atoms with Gasteiger partial charge in [0.05, 0.1) is 4.92 Å². The Morgan fingerprint density at radius 3 is 3.06 bits per heavy atom. The molecule has 8 nitrogen and oxygen atoms in total. The number of thiazole rings is 1. The van der Waals surface area contributed by atoms with Crippen LogP contribution in [-0.4, -0.2) is 31.6 Å². The van der Waals surface area contributed by atoms with Crippen molar-refractivity contribution in [2.75, 3.05) is 11.9 Å². The van der Waals surface area contributed by atoms with E-state index in [-0.39, 0.29) is 5.00 Å². The highest BCUT2D eigenvalue weighted by atomic mass is 32.1. The summed E-state index contributed by atoms with van der Waals surface area (Å²) in [6, 6.07) is 0. The Kier molecular flexibility index (Phi) is 3.60. The molecule has 0 fully saturated rings. The molecule has 0 spiro atoms. The Morgan fingerprint density at radius 2 is 2.41 bits per heavy atom. The zero-order chi connectivity index (χ0) is 12.1. The quantitative estimate of drug-likeness (QED) is 0.455. The van der Waals surface area contributed by atoms with Crippen molar-refractivity contribution in [3.63, 3.8) is 0 Å². The monoisotopic (exact) mass is 254 g/mol. The number of nitrogens with zero attached hydrogens (tertiary/aromatic N) is 4. The van der Waals surface area contributed by atoms with Gasteiger partial charge in [-0.25, -0.2) is 9.97 Å². The molecule has 0 aliphatic heterocycles. The van der Waals surface area contributed by atoms with Gasteiger partial charge in [-0.2, -0.15) is 5.10 Å². The molecular weight excluding hydrogens is 244 g/mol. The molecule has 0 unspecified atom stereocenters. The Hall–Kier alpha value is -2.03. The fourth-order valence-corrected chi connectivity index (χ4v) is 1.89. The van der Waals surface area contributed by atoms with E-state index in [4.69, 9.17) is 0 Å². The largest absolute Gasteiger partial charge is 0.361 e. The van der Waals surface area contributed by atoms with Crippen LogP contribution < -0.4 is 5.32 Å². The molecule has 0 saturated carbocycles. The number of H-pyrrole nitrogens is 1. The molecule has 9 heteroatoms. The molecule has 2 rings (SSSR count). The third-order valence-corrected chi connectivity index (χ3v) is 2.91. The minimum absolute atomic E-state index is 0.0442. The van der Waals surface area contributed by atoms with Crippen LogP contribution >= 0.6 is 11.3 Å². The van der Waals surface area contributed by atoms with Crippen molar-refractivity contribution in [1.29, 1.82) is 0 Å². The molecule has 0 aromatic carbocycles. The average molecular weight is 254 g/mol. The van der Waals surface area contributed by atoms with Crippen LogP contribution in [-0.2, 0) is 6.42 Å². The Labute approximate surface area is 100 Å². The predicted molar refractivity (Wildman–Crippen MR) is 62.0 cm³/mol. The molecule has 2 aromatic rings. The van der Waals surface area contributed by atoms with Crippen LogP contribution in [0.5, 0.6) is 0 Å². The third-order valence-electron chi connectivity index (χ3n) is 2.00. The molecular formula is C8H10N6O2S. The highest BCUT2D eigenvalue weighted by Crippen LogP contribution is 2.24. The van der Waals surface area contributed by atoms with Crippen molar-refractivity contribution >= 4 is 21.5 Å². The van der Waals surface area contributed by atoms with Gasteiger partial charge in [-0.3, -0.25) is 15.2 Å². The second kappa shape index (κ2) is 5.34. The van der Waals surface area contributed by atoms with Crippen molar-refractivity contribution in [3.05, 3.63) is 28.5 Å². The van der Waals surface area contributed by atoms with Crippen LogP contribution in [0.2, 0.25) is 0 Å². The first kappa shape index (κ1) is 11.5. The number of anilines is 1. The van der Waals surface area contributed by atoms with Gasteiger partial charge in [0.15, 0.2) is 5.13 Å². The number of aromatic amines is 1. The zero-order valence-corrected chi connectivity index (χ0v) is 9.61. The molecule has 17 heavy (non-hydrogen) atoms. The van der Waals surface area contributed by atoms with Crippen molar-refractivity contribution in [2.45, 2.75) is 12.8 Å². The SMILES string of the molecule is O=[N+]([O-])c1cnc(NCCCc2ncn[nH]2)s1. The minimum Gasteiger partial charge on any atom is -0.361 e. The second-order valence-corrected chi connectivity index (χ2v) is 4.23. The predicted octanol–water partition coefficient (Wildman–Crippen LogP) is 1.21. The van der Waals surface area contributed by atoms with Gasteiger partial charge in [0.2, 0.25) is 0 Å². The van der Waals surface area contributed by atoms with E-state index in [1.54, 1.807) is 0 Å². The maximum Gasteiger partial charge on any atom is 0.345 e. The van der Waals surface area contributed by atoms with Crippen molar-refractivity contribution in [1.82, 2.24) is 20.2 Å². The molecule has 2 N–H and O–H groups in total. The topological polar surface area (TPSA) is 110 Å². The average Bonchev–Trinajstić information content (AvgIpc) is 2.96. The van der Waals surface area contributed by atoms with Crippen molar-refractivity contribution in [2.24, 2.45) is 0 Å². The fourth-order valence-electron chi connectivity index (χ4n) is 1.23. The normalized spacial score (nSPS) is 10.4. The van der Waals surface area contributed by atoms with E-state index < -0.39 is 4.92 Å². The van der Waals surface area contributed by atoms with Gasteiger partial charge in [-0.05, 0) is 17.8 Å². The number of rotatable bonds is 6. The van der Waals surface area contributed by atoms with E-state index >= 15 is 0 Å². The molecule has 0 aliphatic rings. The summed E-state index contributed by atoms with van der Waals surface area (Å²) in [6.45, 7) is 0.686. The highest BCUT2D eigenvalue weighted by Gasteiger charge is 2.10. The first-order valence-corrected chi connectivity index (χ1v) is 5.75. The lowest BCUT2D eigenvalue weighted by Gasteiger charge is -1.99. The summed E-state index contributed by atoms with van der Waals surface area (Å²) in [5, 5.41) is 20.6. The fraction of sp³-hybridized carbons (Fsp3) is 0.375. The second-order valence-electron chi connectivity index (χ2n) is 3.22. The molecule has 0 atom stereocenters. The van der Waals surface area contributed by atoms with Crippen LogP contribution in [0.1, 0.15) is 12.2 Å². The van der Waals surface area contributed by atoms with E-state index in [1.165, 1.54) is 12.5 Å². The smallest absolute Gasteiger partial charge is 0.345 e. The molecule has 0 radical (unpaired) electrons. The van der Waals surface area contributed by atoms with E-state index in [0.717, 1.165) is 30.0 Å². The minimum atomic E-state index is -0.447. The van der Waals surface area contributed by atoms with Crippen LogP contribution in [0.15, 0.2) is 12.5 Å². The van der Waals surface area contributed by atoms with Crippen molar-refractivity contribution < 1.29 is 4.92 Å². The van der Waals surface area contributed by atoms with Gasteiger partial charge in [-0.1, -0.05) is 0 Å². The molecule has 2 aromatic heterocycles. The summed E-state index contributed by atoms with van der Waals surface area (Å²) in [6.07, 6.45) is 4.35. The van der Waals surface area contributed by atoms with Crippen LogP contribution in [0, 0.1) is 10.1 Å². The van der Waals surface area contributed by atoms with E-state index in [0.29, 0.717) is 11.7 Å². The molecule has 2 heterocycles. The number of aromatic nitrogens is 4.